The molecule has 0 saturated carbocycles. The molecule has 0 aliphatic carbocycles. The van der Waals surface area contributed by atoms with Crippen molar-refractivity contribution in [1.29, 1.82) is 0 Å². The quantitative estimate of drug-likeness (QED) is 0.454. The van der Waals surface area contributed by atoms with E-state index in [0.717, 1.165) is 39.5 Å². The molecule has 170 valence electrons. The van der Waals surface area contributed by atoms with E-state index in [2.05, 4.69) is 32.0 Å². The van der Waals surface area contributed by atoms with Gasteiger partial charge in [0.1, 0.15) is 18.2 Å². The van der Waals surface area contributed by atoms with Crippen LogP contribution in [0.3, 0.4) is 0 Å². The molecule has 1 saturated heterocycles. The van der Waals surface area contributed by atoms with Crippen LogP contribution in [0.15, 0.2) is 48.9 Å². The highest BCUT2D eigenvalue weighted by Gasteiger charge is 2.34. The number of nitrogens with one attached hydrogen (secondary N) is 1. The van der Waals surface area contributed by atoms with Crippen LogP contribution in [0.2, 0.25) is 5.02 Å². The van der Waals surface area contributed by atoms with Crippen molar-refractivity contribution < 1.29 is 9.53 Å². The van der Waals surface area contributed by atoms with Crippen LogP contribution < -0.4 is 5.73 Å². The summed E-state index contributed by atoms with van der Waals surface area (Å²) >= 11 is 6.20. The number of nitrogens with zero attached hydrogens (tertiary/aromatic N) is 4. The zero-order chi connectivity index (χ0) is 22.9. The second-order valence-corrected chi connectivity index (χ2v) is 8.74. The van der Waals surface area contributed by atoms with Gasteiger partial charge in [0.15, 0.2) is 0 Å². The van der Waals surface area contributed by atoms with Crippen molar-refractivity contribution in [2.45, 2.75) is 19.1 Å². The topological polar surface area (TPSA) is 100 Å². The average Bonchev–Trinajstić information content (AvgIpc) is 3.18. The van der Waals surface area contributed by atoms with Crippen molar-refractivity contribution in [1.82, 2.24) is 24.8 Å². The fourth-order valence-corrected chi connectivity index (χ4v) is 4.70. The molecular formula is C24H25ClN6O2. The lowest BCUT2D eigenvalue weighted by Crippen LogP contribution is -2.57. The Bertz CT molecular complexity index is 1320. The molecule has 1 amide bonds. The molecule has 0 bridgehead atoms. The Balaban J connectivity index is 1.33. The molecule has 8 nitrogen and oxygen atoms in total. The summed E-state index contributed by atoms with van der Waals surface area (Å²) in [6, 6.07) is 11.7. The van der Waals surface area contributed by atoms with Gasteiger partial charge in [-0.15, -0.1) is 0 Å². The number of aromatic nitrogens is 3. The number of nitrogen functional groups attached to an aromatic ring is 1. The van der Waals surface area contributed by atoms with Crippen molar-refractivity contribution in [3.8, 4) is 0 Å². The summed E-state index contributed by atoms with van der Waals surface area (Å²) in [5, 5.41) is 2.52. The molecule has 3 N–H and O–H groups in total. The van der Waals surface area contributed by atoms with E-state index in [-0.39, 0.29) is 11.9 Å². The van der Waals surface area contributed by atoms with Crippen LogP contribution >= 0.6 is 11.6 Å². The second-order valence-electron chi connectivity index (χ2n) is 8.33. The summed E-state index contributed by atoms with van der Waals surface area (Å²) in [6.45, 7) is 2.91. The Labute approximate surface area is 196 Å². The zero-order valence-electron chi connectivity index (χ0n) is 18.3. The van der Waals surface area contributed by atoms with E-state index in [0.29, 0.717) is 37.1 Å². The Morgan fingerprint density at radius 1 is 1.12 bits per heavy atom. The fourth-order valence-electron chi connectivity index (χ4n) is 4.48. The minimum absolute atomic E-state index is 0.0643. The maximum absolute atomic E-state index is 13.4. The first kappa shape index (κ1) is 21.6. The molecule has 1 aliphatic rings. The Kier molecular flexibility index (Phi) is 5.88. The number of ether oxygens (including phenoxy) is 1. The summed E-state index contributed by atoms with van der Waals surface area (Å²) in [4.78, 5) is 29.0. The van der Waals surface area contributed by atoms with Gasteiger partial charge in [-0.05, 0) is 29.3 Å². The molecule has 1 aliphatic heterocycles. The number of piperazine rings is 1. The Hall–Kier alpha value is -3.20. The van der Waals surface area contributed by atoms with E-state index < -0.39 is 0 Å². The smallest absolute Gasteiger partial charge is 0.242 e. The van der Waals surface area contributed by atoms with Crippen LogP contribution in [0, 0.1) is 0 Å². The van der Waals surface area contributed by atoms with Crippen LogP contribution in [-0.4, -0.2) is 63.5 Å². The standard InChI is InChI=1S/C24H25ClN6O2/c1-33-13-22-24(32)31(12-16-3-5-18-21(9-16)28-14-29-23(18)26)7-6-30(22)11-15-2-4-17-19(25)10-27-20(17)8-15/h2-5,8-10,14,22,27H,6-7,11-13H2,1H3,(H2,26,28,29)/t22-/m0/s1. The number of halogens is 1. The molecule has 0 unspecified atom stereocenters. The van der Waals surface area contributed by atoms with Crippen LogP contribution in [0.25, 0.3) is 21.8 Å². The van der Waals surface area contributed by atoms with Gasteiger partial charge in [-0.2, -0.15) is 0 Å². The van der Waals surface area contributed by atoms with Gasteiger partial charge in [-0.3, -0.25) is 9.69 Å². The first-order valence-electron chi connectivity index (χ1n) is 10.8. The lowest BCUT2D eigenvalue weighted by Gasteiger charge is -2.40. The number of hydrogen-bond donors (Lipinski definition) is 2. The molecule has 2 aromatic carbocycles. The first-order valence-corrected chi connectivity index (χ1v) is 11.2. The minimum Gasteiger partial charge on any atom is -0.383 e. The van der Waals surface area contributed by atoms with Crippen LogP contribution in [0.5, 0.6) is 0 Å². The van der Waals surface area contributed by atoms with Gasteiger partial charge in [0.05, 0.1) is 17.1 Å². The SMILES string of the molecule is COC[C@H]1C(=O)N(Cc2ccc3c(N)ncnc3c2)CCN1Cc1ccc2c(Cl)c[nH]c2c1. The number of rotatable bonds is 6. The maximum Gasteiger partial charge on any atom is 0.242 e. The number of anilines is 1. The number of hydrogen-bond acceptors (Lipinski definition) is 6. The highest BCUT2D eigenvalue weighted by Crippen LogP contribution is 2.26. The number of H-pyrrole nitrogens is 1. The molecule has 0 radical (unpaired) electrons. The van der Waals surface area contributed by atoms with Gasteiger partial charge >= 0.3 is 0 Å². The van der Waals surface area contributed by atoms with Gasteiger partial charge in [-0.1, -0.05) is 29.8 Å². The summed E-state index contributed by atoms with van der Waals surface area (Å²) in [7, 11) is 1.63. The van der Waals surface area contributed by atoms with E-state index in [1.165, 1.54) is 6.33 Å². The van der Waals surface area contributed by atoms with Crippen LogP contribution in [0.1, 0.15) is 11.1 Å². The molecule has 2 aromatic heterocycles. The number of carbonyl (C=O) groups excluding carboxylic acids is 1. The predicted molar refractivity (Wildman–Crippen MR) is 129 cm³/mol. The second kappa shape index (κ2) is 8.97. The molecule has 1 fully saturated rings. The average molecular weight is 465 g/mol. The molecular weight excluding hydrogens is 440 g/mol. The lowest BCUT2D eigenvalue weighted by molar-refractivity contribution is -0.145. The summed E-state index contributed by atoms with van der Waals surface area (Å²) in [5.41, 5.74) is 9.83. The largest absolute Gasteiger partial charge is 0.383 e. The van der Waals surface area contributed by atoms with E-state index in [4.69, 9.17) is 22.1 Å². The van der Waals surface area contributed by atoms with Gasteiger partial charge in [0.2, 0.25) is 5.91 Å². The normalized spacial score (nSPS) is 17.3. The van der Waals surface area contributed by atoms with Gasteiger partial charge in [0.25, 0.3) is 0 Å². The van der Waals surface area contributed by atoms with Crippen molar-refractivity contribution in [2.24, 2.45) is 0 Å². The third kappa shape index (κ3) is 4.25. The molecule has 4 aromatic rings. The van der Waals surface area contributed by atoms with Crippen LogP contribution in [0.4, 0.5) is 5.82 Å². The molecule has 1 atom stereocenters. The van der Waals surface area contributed by atoms with Crippen molar-refractivity contribution >= 4 is 45.1 Å². The number of nitrogens with two attached hydrogens (primary N) is 1. The van der Waals surface area contributed by atoms with Gasteiger partial charge in [-0.25, -0.2) is 9.97 Å². The number of amides is 1. The number of fused-ring (bicyclic) bond motifs is 2. The van der Waals surface area contributed by atoms with E-state index in [1.54, 1.807) is 13.3 Å². The van der Waals surface area contributed by atoms with E-state index >= 15 is 0 Å². The highest BCUT2D eigenvalue weighted by atomic mass is 35.5. The fraction of sp³-hybridized carbons (Fsp3) is 0.292. The predicted octanol–water partition coefficient (Wildman–Crippen LogP) is 3.21. The van der Waals surface area contributed by atoms with Crippen LogP contribution in [-0.2, 0) is 22.6 Å². The van der Waals surface area contributed by atoms with Gasteiger partial charge in [0, 0.05) is 55.8 Å². The number of carbonyl (C=O) groups is 1. The third-order valence-electron chi connectivity index (χ3n) is 6.21. The summed E-state index contributed by atoms with van der Waals surface area (Å²) < 4.78 is 5.42. The molecule has 5 rings (SSSR count). The maximum atomic E-state index is 13.4. The van der Waals surface area contributed by atoms with Crippen molar-refractivity contribution in [3.63, 3.8) is 0 Å². The van der Waals surface area contributed by atoms with Crippen molar-refractivity contribution in [3.05, 3.63) is 65.1 Å². The molecule has 3 heterocycles. The first-order chi connectivity index (χ1) is 16.0. The minimum atomic E-state index is -0.342. The highest BCUT2D eigenvalue weighted by molar-refractivity contribution is 6.35. The molecule has 9 heteroatoms. The van der Waals surface area contributed by atoms with Gasteiger partial charge < -0.3 is 20.4 Å². The summed E-state index contributed by atoms with van der Waals surface area (Å²) in [5.74, 6) is 0.519. The number of methoxy groups -OCH3 is 1. The molecule has 33 heavy (non-hydrogen) atoms. The third-order valence-corrected chi connectivity index (χ3v) is 6.52. The molecule has 0 spiro atoms. The lowest BCUT2D eigenvalue weighted by atomic mass is 10.1. The van der Waals surface area contributed by atoms with E-state index in [9.17, 15) is 4.79 Å². The monoisotopic (exact) mass is 464 g/mol. The number of benzene rings is 2. The zero-order valence-corrected chi connectivity index (χ0v) is 19.0. The summed E-state index contributed by atoms with van der Waals surface area (Å²) in [6.07, 6.45) is 3.25. The Morgan fingerprint density at radius 3 is 2.73 bits per heavy atom. The van der Waals surface area contributed by atoms with Crippen molar-refractivity contribution in [2.75, 3.05) is 32.5 Å². The van der Waals surface area contributed by atoms with E-state index in [1.807, 2.05) is 29.2 Å². The number of aromatic amines is 1. The Morgan fingerprint density at radius 2 is 1.91 bits per heavy atom.